The molecule has 1 aliphatic carbocycles. The molecule has 1 fully saturated rings. The van der Waals surface area contributed by atoms with Crippen molar-refractivity contribution >= 4 is 12.1 Å². The molecule has 1 atom stereocenters. The van der Waals surface area contributed by atoms with E-state index in [-0.39, 0.29) is 12.5 Å². The highest BCUT2D eigenvalue weighted by molar-refractivity contribution is 5.80. The van der Waals surface area contributed by atoms with Crippen LogP contribution >= 0.6 is 0 Å². The van der Waals surface area contributed by atoms with Gasteiger partial charge in [0.05, 0.1) is 0 Å². The van der Waals surface area contributed by atoms with Crippen LogP contribution in [-0.4, -0.2) is 23.2 Å². The number of carbonyl (C=O) groups excluding carboxylic acids is 1. The third kappa shape index (κ3) is 3.98. The van der Waals surface area contributed by atoms with Crippen LogP contribution in [0.5, 0.6) is 0 Å². The number of hydrogen-bond acceptors (Lipinski definition) is 3. The van der Waals surface area contributed by atoms with E-state index >= 15 is 0 Å². The predicted octanol–water partition coefficient (Wildman–Crippen LogP) is 2.56. The molecule has 2 N–H and O–H groups in total. The van der Waals surface area contributed by atoms with E-state index in [1.54, 1.807) is 0 Å². The van der Waals surface area contributed by atoms with Gasteiger partial charge in [0, 0.05) is 0 Å². The third-order valence-electron chi connectivity index (χ3n) is 3.62. The van der Waals surface area contributed by atoms with Crippen LogP contribution in [-0.2, 0) is 16.1 Å². The van der Waals surface area contributed by atoms with Gasteiger partial charge in [-0.3, -0.25) is 0 Å². The summed E-state index contributed by atoms with van der Waals surface area (Å²) >= 11 is 0. The van der Waals surface area contributed by atoms with Crippen LogP contribution in [0.25, 0.3) is 0 Å². The average molecular weight is 277 g/mol. The average Bonchev–Trinajstić information content (AvgIpc) is 2.97. The molecular formula is C15H19NO4. The molecule has 0 bridgehead atoms. The van der Waals surface area contributed by atoms with Gasteiger partial charge >= 0.3 is 12.1 Å². The summed E-state index contributed by atoms with van der Waals surface area (Å²) in [6.07, 6.45) is 3.06. The van der Waals surface area contributed by atoms with Crippen molar-refractivity contribution in [3.8, 4) is 0 Å². The molecule has 0 unspecified atom stereocenters. The Balaban J connectivity index is 1.84. The number of alkyl carbamates (subject to hydrolysis) is 1. The van der Waals surface area contributed by atoms with Crippen LogP contribution in [0.2, 0.25) is 0 Å². The molecule has 2 rings (SSSR count). The monoisotopic (exact) mass is 277 g/mol. The lowest BCUT2D eigenvalue weighted by atomic mass is 9.98. The summed E-state index contributed by atoms with van der Waals surface area (Å²) in [5, 5.41) is 11.7. The molecule has 0 aromatic heterocycles. The molecule has 1 aromatic rings. The Bertz CT molecular complexity index is 454. The lowest BCUT2D eigenvalue weighted by Gasteiger charge is -2.20. The zero-order valence-electron chi connectivity index (χ0n) is 11.2. The summed E-state index contributed by atoms with van der Waals surface area (Å²) in [7, 11) is 0. The van der Waals surface area contributed by atoms with E-state index in [4.69, 9.17) is 4.74 Å². The van der Waals surface area contributed by atoms with Gasteiger partial charge < -0.3 is 15.2 Å². The summed E-state index contributed by atoms with van der Waals surface area (Å²) < 4.78 is 5.05. The molecule has 20 heavy (non-hydrogen) atoms. The van der Waals surface area contributed by atoms with E-state index in [0.29, 0.717) is 0 Å². The Morgan fingerprint density at radius 2 is 1.90 bits per heavy atom. The molecule has 0 saturated heterocycles. The van der Waals surface area contributed by atoms with Crippen LogP contribution < -0.4 is 5.32 Å². The first kappa shape index (κ1) is 14.4. The molecular weight excluding hydrogens is 258 g/mol. The van der Waals surface area contributed by atoms with E-state index in [1.807, 2.05) is 30.3 Å². The van der Waals surface area contributed by atoms with Gasteiger partial charge in [0.1, 0.15) is 12.6 Å². The normalized spacial score (nSPS) is 16.6. The molecule has 1 aromatic carbocycles. The molecule has 0 spiro atoms. The number of carboxylic acid groups (broad SMARTS) is 1. The number of ether oxygens (including phenoxy) is 1. The van der Waals surface area contributed by atoms with Gasteiger partial charge in [-0.25, -0.2) is 9.59 Å². The maximum atomic E-state index is 11.7. The highest BCUT2D eigenvalue weighted by atomic mass is 16.5. The Labute approximate surface area is 117 Å². The largest absolute Gasteiger partial charge is 0.480 e. The summed E-state index contributed by atoms with van der Waals surface area (Å²) in [4.78, 5) is 22.9. The molecule has 1 amide bonds. The highest BCUT2D eigenvalue weighted by Gasteiger charge is 2.32. The van der Waals surface area contributed by atoms with Crippen molar-refractivity contribution in [1.82, 2.24) is 5.32 Å². The first-order valence-corrected chi connectivity index (χ1v) is 6.87. The first-order chi connectivity index (χ1) is 9.66. The zero-order chi connectivity index (χ0) is 14.4. The Kier molecular flexibility index (Phi) is 4.98. The van der Waals surface area contributed by atoms with Crippen molar-refractivity contribution in [2.75, 3.05) is 0 Å². The molecule has 5 heteroatoms. The lowest BCUT2D eigenvalue weighted by molar-refractivity contribution is -0.140. The number of benzene rings is 1. The molecule has 5 nitrogen and oxygen atoms in total. The molecule has 1 aliphatic rings. The van der Waals surface area contributed by atoms with Gasteiger partial charge in [-0.1, -0.05) is 43.2 Å². The fourth-order valence-electron chi connectivity index (χ4n) is 2.56. The Morgan fingerprint density at radius 1 is 1.25 bits per heavy atom. The van der Waals surface area contributed by atoms with Crippen molar-refractivity contribution in [1.29, 1.82) is 0 Å². The smallest absolute Gasteiger partial charge is 0.408 e. The first-order valence-electron chi connectivity index (χ1n) is 6.87. The minimum Gasteiger partial charge on any atom is -0.480 e. The quantitative estimate of drug-likeness (QED) is 0.867. The van der Waals surface area contributed by atoms with Crippen LogP contribution in [0, 0.1) is 5.92 Å². The van der Waals surface area contributed by atoms with Gasteiger partial charge in [-0.15, -0.1) is 0 Å². The second kappa shape index (κ2) is 6.93. The fraction of sp³-hybridized carbons (Fsp3) is 0.467. The molecule has 1 saturated carbocycles. The van der Waals surface area contributed by atoms with E-state index in [0.717, 1.165) is 31.2 Å². The predicted molar refractivity (Wildman–Crippen MR) is 73.1 cm³/mol. The molecule has 0 radical (unpaired) electrons. The number of amides is 1. The minimum atomic E-state index is -0.992. The SMILES string of the molecule is O=C(N[C@@H](C(=O)O)C1CCCC1)OCc1ccccc1. The number of rotatable bonds is 5. The van der Waals surface area contributed by atoms with E-state index in [2.05, 4.69) is 5.32 Å². The van der Waals surface area contributed by atoms with E-state index in [9.17, 15) is 14.7 Å². The number of nitrogens with one attached hydrogen (secondary N) is 1. The van der Waals surface area contributed by atoms with Gasteiger partial charge in [0.2, 0.25) is 0 Å². The third-order valence-corrected chi connectivity index (χ3v) is 3.62. The number of aliphatic carboxylic acids is 1. The maximum absolute atomic E-state index is 11.7. The van der Waals surface area contributed by atoms with Crippen molar-refractivity contribution < 1.29 is 19.4 Å². The zero-order valence-corrected chi connectivity index (χ0v) is 11.2. The summed E-state index contributed by atoms with van der Waals surface area (Å²) in [5.41, 5.74) is 0.871. The summed E-state index contributed by atoms with van der Waals surface area (Å²) in [6.45, 7) is 0.143. The van der Waals surface area contributed by atoms with Crippen LogP contribution in [0.15, 0.2) is 30.3 Å². The summed E-state index contributed by atoms with van der Waals surface area (Å²) in [6, 6.07) is 8.44. The minimum absolute atomic E-state index is 0.0109. The van der Waals surface area contributed by atoms with Crippen molar-refractivity contribution in [3.05, 3.63) is 35.9 Å². The summed E-state index contributed by atoms with van der Waals surface area (Å²) in [5.74, 6) is -0.981. The molecule has 0 heterocycles. The van der Waals surface area contributed by atoms with Crippen LogP contribution in [0.1, 0.15) is 31.2 Å². The second-order valence-corrected chi connectivity index (χ2v) is 5.07. The van der Waals surface area contributed by atoms with Gasteiger partial charge in [-0.05, 0) is 24.3 Å². The molecule has 108 valence electrons. The molecule has 0 aliphatic heterocycles. The fourth-order valence-corrected chi connectivity index (χ4v) is 2.56. The van der Waals surface area contributed by atoms with Crippen molar-refractivity contribution in [3.63, 3.8) is 0 Å². The maximum Gasteiger partial charge on any atom is 0.408 e. The Morgan fingerprint density at radius 3 is 2.50 bits per heavy atom. The van der Waals surface area contributed by atoms with Crippen LogP contribution in [0.4, 0.5) is 4.79 Å². The topological polar surface area (TPSA) is 75.6 Å². The lowest BCUT2D eigenvalue weighted by Crippen LogP contribution is -2.45. The number of hydrogen-bond donors (Lipinski definition) is 2. The van der Waals surface area contributed by atoms with Crippen molar-refractivity contribution in [2.24, 2.45) is 5.92 Å². The van der Waals surface area contributed by atoms with Gasteiger partial charge in [-0.2, -0.15) is 0 Å². The van der Waals surface area contributed by atoms with E-state index < -0.39 is 18.1 Å². The number of carboxylic acids is 1. The Hall–Kier alpha value is -2.04. The standard InChI is InChI=1S/C15H19NO4/c17-14(18)13(12-8-4-5-9-12)16-15(19)20-10-11-6-2-1-3-7-11/h1-3,6-7,12-13H,4-5,8-10H2,(H,16,19)(H,17,18)/t13-/m1/s1. The van der Waals surface area contributed by atoms with Crippen LogP contribution in [0.3, 0.4) is 0 Å². The second-order valence-electron chi connectivity index (χ2n) is 5.07. The number of carbonyl (C=O) groups is 2. The van der Waals surface area contributed by atoms with Gasteiger partial charge in [0.25, 0.3) is 0 Å². The van der Waals surface area contributed by atoms with Crippen molar-refractivity contribution in [2.45, 2.75) is 38.3 Å². The van der Waals surface area contributed by atoms with Gasteiger partial charge in [0.15, 0.2) is 0 Å². The van der Waals surface area contributed by atoms with E-state index in [1.165, 1.54) is 0 Å². The highest BCUT2D eigenvalue weighted by Crippen LogP contribution is 2.27.